The SMILES string of the molecule is CNC(=O)COc1cc2cc(Nc3nc(N4CCN(CC5CCC6(CC5)CN(c5ccc(F)c7c5CN([C@@H]5CCC(=O)NC5=O)C7=O)C6)CC4)ncc3Cl)ccc2n(C(C)C)c1=O. The Morgan fingerprint density at radius 2 is 1.78 bits per heavy atom. The van der Waals surface area contributed by atoms with Gasteiger partial charge in [-0.15, -0.1) is 0 Å². The molecule has 4 amide bonds. The maximum atomic E-state index is 15.1. The number of pyridine rings is 1. The standard InChI is InChI=1S/C45H52ClFN10O6/c1-26(2)57-33-6-4-29(18-28(33)19-36(42(57)61)63-23-38(59)48-3)50-40-31(46)20-49-44(52-40)54-16-14-53(15-17-54)21-27-10-12-45(13-11-27)24-55(25-45)34-7-5-32(47)39-30(34)22-56(43(39)62)35-8-9-37(58)51-41(35)60/h4-7,18-20,26-27,35H,8-17,21-25H2,1-3H3,(H,48,59)(H,49,50,52)(H,51,58,60)/t35-/m1/s1. The van der Waals surface area contributed by atoms with Crippen molar-refractivity contribution in [2.24, 2.45) is 11.3 Å². The van der Waals surface area contributed by atoms with Crippen LogP contribution in [0.5, 0.6) is 5.75 Å². The van der Waals surface area contributed by atoms with Crippen LogP contribution in [0.15, 0.2) is 47.4 Å². The lowest BCUT2D eigenvalue weighted by Crippen LogP contribution is -2.58. The Kier molecular flexibility index (Phi) is 11.5. The molecule has 3 saturated heterocycles. The number of benzene rings is 2. The number of piperidine rings is 1. The summed E-state index contributed by atoms with van der Waals surface area (Å²) in [7, 11) is 1.51. The number of nitrogens with one attached hydrogen (secondary N) is 3. The number of carbonyl (C=O) groups is 4. The van der Waals surface area contributed by atoms with E-state index >= 15 is 4.39 Å². The second-order valence-electron chi connectivity index (χ2n) is 17.9. The summed E-state index contributed by atoms with van der Waals surface area (Å²) in [5, 5.41) is 9.28. The minimum Gasteiger partial charge on any atom is -0.478 e. The molecule has 4 fully saturated rings. The average Bonchev–Trinajstić information content (AvgIpc) is 3.60. The summed E-state index contributed by atoms with van der Waals surface area (Å²) in [5.74, 6) is -0.499. The molecule has 1 spiro atoms. The van der Waals surface area contributed by atoms with Gasteiger partial charge in [0.2, 0.25) is 17.8 Å². The van der Waals surface area contributed by atoms with Gasteiger partial charge in [0.1, 0.15) is 16.9 Å². The molecule has 5 aliphatic rings. The van der Waals surface area contributed by atoms with Crippen molar-refractivity contribution in [1.29, 1.82) is 0 Å². The van der Waals surface area contributed by atoms with Crippen LogP contribution in [0.4, 0.5) is 27.5 Å². The summed E-state index contributed by atoms with van der Waals surface area (Å²) in [5.41, 5.74) is 2.88. The predicted octanol–water partition coefficient (Wildman–Crippen LogP) is 4.61. The van der Waals surface area contributed by atoms with Crippen LogP contribution < -0.4 is 36.0 Å². The number of aromatic nitrogens is 3. The summed E-state index contributed by atoms with van der Waals surface area (Å²) in [6.45, 7) is 9.82. The minimum atomic E-state index is -0.782. The van der Waals surface area contributed by atoms with E-state index in [4.69, 9.17) is 21.3 Å². The quantitative estimate of drug-likeness (QED) is 0.179. The van der Waals surface area contributed by atoms with Gasteiger partial charge in [0.05, 0.1) is 17.3 Å². The number of likely N-dealkylation sites (N-methyl/N-ethyl adjacent to an activating group) is 1. The summed E-state index contributed by atoms with van der Waals surface area (Å²) >= 11 is 6.61. The first kappa shape index (κ1) is 42.5. The van der Waals surface area contributed by atoms with E-state index in [1.807, 2.05) is 32.0 Å². The second-order valence-corrected chi connectivity index (χ2v) is 18.3. The van der Waals surface area contributed by atoms with Gasteiger partial charge in [0, 0.05) is 99.6 Å². The van der Waals surface area contributed by atoms with E-state index in [0.29, 0.717) is 34.0 Å². The molecule has 2 aromatic carbocycles. The van der Waals surface area contributed by atoms with Gasteiger partial charge in [0.15, 0.2) is 18.2 Å². The molecular weight excluding hydrogens is 831 g/mol. The maximum absolute atomic E-state index is 15.1. The van der Waals surface area contributed by atoms with Crippen molar-refractivity contribution in [2.75, 3.05) is 74.6 Å². The Balaban J connectivity index is 0.777. The predicted molar refractivity (Wildman–Crippen MR) is 236 cm³/mol. The molecule has 3 N–H and O–H groups in total. The largest absolute Gasteiger partial charge is 0.478 e. The molecule has 4 aromatic rings. The van der Waals surface area contributed by atoms with Crippen molar-refractivity contribution in [3.63, 3.8) is 0 Å². The molecule has 4 aliphatic heterocycles. The Labute approximate surface area is 369 Å². The summed E-state index contributed by atoms with van der Waals surface area (Å²) in [4.78, 5) is 80.6. The molecule has 0 unspecified atom stereocenters. The van der Waals surface area contributed by atoms with Crippen LogP contribution in [0.3, 0.4) is 0 Å². The second kappa shape index (κ2) is 17.1. The van der Waals surface area contributed by atoms with Gasteiger partial charge < -0.3 is 34.6 Å². The Bertz CT molecular complexity index is 2550. The first-order valence-corrected chi connectivity index (χ1v) is 22.2. The van der Waals surface area contributed by atoms with Crippen molar-refractivity contribution in [2.45, 2.75) is 71.0 Å². The van der Waals surface area contributed by atoms with E-state index in [1.54, 1.807) is 22.9 Å². The Morgan fingerprint density at radius 3 is 2.49 bits per heavy atom. The van der Waals surface area contributed by atoms with Crippen LogP contribution in [0.1, 0.15) is 74.3 Å². The topological polar surface area (TPSA) is 174 Å². The molecule has 0 bridgehead atoms. The van der Waals surface area contributed by atoms with E-state index in [0.717, 1.165) is 88.1 Å². The lowest BCUT2D eigenvalue weighted by atomic mass is 9.65. The number of imide groups is 1. The van der Waals surface area contributed by atoms with Gasteiger partial charge in [-0.3, -0.25) is 34.2 Å². The van der Waals surface area contributed by atoms with Crippen LogP contribution in [-0.2, 0) is 20.9 Å². The fourth-order valence-electron chi connectivity index (χ4n) is 10.1. The van der Waals surface area contributed by atoms with Crippen molar-refractivity contribution < 1.29 is 28.3 Å². The summed E-state index contributed by atoms with van der Waals surface area (Å²) in [6, 6.07) is 9.49. The summed E-state index contributed by atoms with van der Waals surface area (Å²) < 4.78 is 22.3. The molecule has 1 atom stereocenters. The van der Waals surface area contributed by atoms with E-state index < -0.39 is 23.7 Å². The van der Waals surface area contributed by atoms with E-state index in [1.165, 1.54) is 18.0 Å². The van der Waals surface area contributed by atoms with E-state index in [9.17, 15) is 24.0 Å². The molecule has 18 heteroatoms. The van der Waals surface area contributed by atoms with Crippen LogP contribution in [-0.4, -0.2) is 113 Å². The third kappa shape index (κ3) is 8.28. The summed E-state index contributed by atoms with van der Waals surface area (Å²) in [6.07, 6.45) is 6.52. The number of nitrogens with zero attached hydrogens (tertiary/aromatic N) is 7. The van der Waals surface area contributed by atoms with E-state index in [2.05, 4.69) is 35.6 Å². The lowest BCUT2D eigenvalue weighted by Gasteiger charge is -2.55. The normalized spacial score (nSPS) is 20.3. The zero-order valence-electron chi connectivity index (χ0n) is 35.7. The number of hydrogen-bond acceptors (Lipinski definition) is 12. The Hall–Kier alpha value is -5.81. The minimum absolute atomic E-state index is 0.0477. The third-order valence-electron chi connectivity index (χ3n) is 13.5. The molecule has 2 aromatic heterocycles. The lowest BCUT2D eigenvalue weighted by molar-refractivity contribution is -0.137. The van der Waals surface area contributed by atoms with Gasteiger partial charge >= 0.3 is 0 Å². The van der Waals surface area contributed by atoms with Gasteiger partial charge in [-0.05, 0) is 88.3 Å². The molecule has 6 heterocycles. The van der Waals surface area contributed by atoms with Gasteiger partial charge in [0.25, 0.3) is 17.4 Å². The van der Waals surface area contributed by atoms with Crippen molar-refractivity contribution in [3.8, 4) is 5.75 Å². The molecular formula is C45H52ClFN10O6. The molecule has 0 radical (unpaired) electrons. The molecule has 16 nitrogen and oxygen atoms in total. The number of piperazine rings is 1. The van der Waals surface area contributed by atoms with Gasteiger partial charge in [-0.2, -0.15) is 4.98 Å². The highest BCUT2D eigenvalue weighted by Crippen LogP contribution is 2.49. The Morgan fingerprint density at radius 1 is 1.02 bits per heavy atom. The number of anilines is 4. The van der Waals surface area contributed by atoms with Crippen LogP contribution >= 0.6 is 11.6 Å². The van der Waals surface area contributed by atoms with Crippen LogP contribution in [0.25, 0.3) is 10.9 Å². The first-order chi connectivity index (χ1) is 30.3. The molecule has 332 valence electrons. The van der Waals surface area contributed by atoms with Crippen LogP contribution in [0, 0.1) is 17.2 Å². The third-order valence-corrected chi connectivity index (χ3v) is 13.8. The molecule has 1 aliphatic carbocycles. The number of amides is 4. The van der Waals surface area contributed by atoms with E-state index in [-0.39, 0.29) is 66.1 Å². The number of rotatable bonds is 11. The fourth-order valence-corrected chi connectivity index (χ4v) is 10.2. The number of ether oxygens (including phenoxy) is 1. The van der Waals surface area contributed by atoms with Crippen LogP contribution in [0.2, 0.25) is 5.02 Å². The fraction of sp³-hybridized carbons (Fsp3) is 0.489. The number of fused-ring (bicyclic) bond motifs is 2. The number of halogens is 2. The number of hydrogen-bond donors (Lipinski definition) is 3. The van der Waals surface area contributed by atoms with Crippen molar-refractivity contribution in [3.05, 3.63) is 74.9 Å². The van der Waals surface area contributed by atoms with Gasteiger partial charge in [-0.25, -0.2) is 9.37 Å². The molecule has 63 heavy (non-hydrogen) atoms. The highest BCUT2D eigenvalue weighted by atomic mass is 35.5. The maximum Gasteiger partial charge on any atom is 0.293 e. The molecule has 1 saturated carbocycles. The first-order valence-electron chi connectivity index (χ1n) is 21.8. The van der Waals surface area contributed by atoms with Crippen molar-refractivity contribution in [1.82, 2.24) is 35.0 Å². The zero-order chi connectivity index (χ0) is 44.2. The van der Waals surface area contributed by atoms with Crippen molar-refractivity contribution >= 4 is 69.3 Å². The zero-order valence-corrected chi connectivity index (χ0v) is 36.5. The number of carbonyl (C=O) groups excluding carboxylic acids is 4. The average molecular weight is 883 g/mol. The smallest absolute Gasteiger partial charge is 0.293 e. The monoisotopic (exact) mass is 882 g/mol. The van der Waals surface area contributed by atoms with Gasteiger partial charge in [-0.1, -0.05) is 11.6 Å². The highest BCUT2D eigenvalue weighted by Gasteiger charge is 2.48. The highest BCUT2D eigenvalue weighted by molar-refractivity contribution is 6.33. The molecule has 9 rings (SSSR count).